The molecule has 1 rings (SSSR count). The van der Waals surface area contributed by atoms with Crippen molar-refractivity contribution in [3.05, 3.63) is 22.4 Å². The molecule has 0 fully saturated rings. The van der Waals surface area contributed by atoms with Crippen LogP contribution in [0.5, 0.6) is 0 Å². The van der Waals surface area contributed by atoms with Gasteiger partial charge in [0.15, 0.2) is 0 Å². The van der Waals surface area contributed by atoms with Crippen LogP contribution in [0.15, 0.2) is 17.5 Å². The molecule has 0 aliphatic carbocycles. The van der Waals surface area contributed by atoms with E-state index in [0.717, 1.165) is 12.8 Å². The summed E-state index contributed by atoms with van der Waals surface area (Å²) >= 11 is 1.71. The molecule has 0 bridgehead atoms. The summed E-state index contributed by atoms with van der Waals surface area (Å²) in [6.45, 7) is 4.47. The van der Waals surface area contributed by atoms with Crippen molar-refractivity contribution in [1.29, 1.82) is 0 Å². The number of hydrogen-bond acceptors (Lipinski definition) is 3. The highest BCUT2D eigenvalue weighted by Crippen LogP contribution is 2.14. The summed E-state index contributed by atoms with van der Waals surface area (Å²) in [6.07, 6.45) is 2.42. The highest BCUT2D eigenvalue weighted by atomic mass is 32.1. The maximum Gasteiger partial charge on any atom is 0.323 e. The van der Waals surface area contributed by atoms with Gasteiger partial charge in [0, 0.05) is 11.4 Å². The minimum absolute atomic E-state index is 0.659. The molecule has 1 unspecified atom stereocenters. The Bertz CT molecular complexity index is 324. The first kappa shape index (κ1) is 13.2. The second-order valence-corrected chi connectivity index (χ2v) is 5.18. The molecule has 1 aromatic heterocycles. The standard InChI is InChI=1S/C12H19NO2S/c1-3-7-12(2,11(14)15)13-8-6-10-5-4-9-16-10/h4-5,9,13H,3,6-8H2,1-2H3,(H,14,15). The van der Waals surface area contributed by atoms with Crippen molar-refractivity contribution in [2.24, 2.45) is 0 Å². The SMILES string of the molecule is CCCC(C)(NCCc1cccs1)C(=O)O. The summed E-state index contributed by atoms with van der Waals surface area (Å²) in [5.74, 6) is -0.763. The summed E-state index contributed by atoms with van der Waals surface area (Å²) in [6, 6.07) is 4.09. The molecule has 2 N–H and O–H groups in total. The third-order valence-corrected chi connectivity index (χ3v) is 3.62. The van der Waals surface area contributed by atoms with Gasteiger partial charge in [-0.15, -0.1) is 11.3 Å². The largest absolute Gasteiger partial charge is 0.480 e. The van der Waals surface area contributed by atoms with Crippen molar-refractivity contribution in [3.8, 4) is 0 Å². The normalized spacial score (nSPS) is 14.6. The van der Waals surface area contributed by atoms with E-state index in [1.807, 2.05) is 18.4 Å². The van der Waals surface area contributed by atoms with Crippen LogP contribution in [0.3, 0.4) is 0 Å². The summed E-state index contributed by atoms with van der Waals surface area (Å²) in [5, 5.41) is 14.3. The molecule has 0 saturated carbocycles. The average molecular weight is 241 g/mol. The Morgan fingerprint density at radius 1 is 1.62 bits per heavy atom. The van der Waals surface area contributed by atoms with Crippen LogP contribution >= 0.6 is 11.3 Å². The highest BCUT2D eigenvalue weighted by molar-refractivity contribution is 7.09. The number of thiophene rings is 1. The van der Waals surface area contributed by atoms with Crippen LogP contribution in [0.1, 0.15) is 31.6 Å². The van der Waals surface area contributed by atoms with Crippen molar-refractivity contribution < 1.29 is 9.90 Å². The summed E-state index contributed by atoms with van der Waals surface area (Å²) in [7, 11) is 0. The molecule has 0 amide bonds. The van der Waals surface area contributed by atoms with Crippen LogP contribution in [0.25, 0.3) is 0 Å². The summed E-state index contributed by atoms with van der Waals surface area (Å²) < 4.78 is 0. The fourth-order valence-corrected chi connectivity index (χ4v) is 2.40. The molecular weight excluding hydrogens is 222 g/mol. The van der Waals surface area contributed by atoms with Crippen molar-refractivity contribution >= 4 is 17.3 Å². The smallest absolute Gasteiger partial charge is 0.323 e. The number of rotatable bonds is 7. The van der Waals surface area contributed by atoms with E-state index in [9.17, 15) is 4.79 Å². The Balaban J connectivity index is 2.41. The monoisotopic (exact) mass is 241 g/mol. The molecule has 16 heavy (non-hydrogen) atoms. The highest BCUT2D eigenvalue weighted by Gasteiger charge is 2.30. The van der Waals surface area contributed by atoms with Crippen LogP contribution in [0.2, 0.25) is 0 Å². The lowest BCUT2D eigenvalue weighted by molar-refractivity contribution is -0.144. The van der Waals surface area contributed by atoms with Gasteiger partial charge in [0.05, 0.1) is 0 Å². The molecule has 3 nitrogen and oxygen atoms in total. The van der Waals surface area contributed by atoms with Crippen molar-refractivity contribution in [1.82, 2.24) is 5.32 Å². The topological polar surface area (TPSA) is 49.3 Å². The van der Waals surface area contributed by atoms with E-state index in [1.165, 1.54) is 4.88 Å². The van der Waals surface area contributed by atoms with Crippen LogP contribution in [0, 0.1) is 0 Å². The minimum Gasteiger partial charge on any atom is -0.480 e. The van der Waals surface area contributed by atoms with Crippen LogP contribution in [0.4, 0.5) is 0 Å². The predicted molar refractivity (Wildman–Crippen MR) is 67.0 cm³/mol. The number of aliphatic carboxylic acids is 1. The number of carboxylic acids is 1. The molecule has 0 aromatic carbocycles. The van der Waals surface area contributed by atoms with Gasteiger partial charge in [-0.1, -0.05) is 19.4 Å². The number of hydrogen-bond donors (Lipinski definition) is 2. The van der Waals surface area contributed by atoms with E-state index in [2.05, 4.69) is 11.4 Å². The second kappa shape index (κ2) is 6.01. The fourth-order valence-electron chi connectivity index (χ4n) is 1.69. The number of carboxylic acid groups (broad SMARTS) is 1. The molecule has 1 aromatic rings. The van der Waals surface area contributed by atoms with Gasteiger partial charge < -0.3 is 10.4 Å². The molecule has 0 aliphatic rings. The lowest BCUT2D eigenvalue weighted by atomic mass is 9.96. The second-order valence-electron chi connectivity index (χ2n) is 4.14. The fraction of sp³-hybridized carbons (Fsp3) is 0.583. The lowest BCUT2D eigenvalue weighted by Gasteiger charge is -2.25. The Labute approximate surface area is 100 Å². The Morgan fingerprint density at radius 3 is 2.88 bits per heavy atom. The van der Waals surface area contributed by atoms with Gasteiger partial charge in [0.25, 0.3) is 0 Å². The third kappa shape index (κ3) is 3.61. The first-order valence-electron chi connectivity index (χ1n) is 5.59. The Morgan fingerprint density at radius 2 is 2.38 bits per heavy atom. The van der Waals surface area contributed by atoms with Crippen LogP contribution < -0.4 is 5.32 Å². The Kier molecular flexibility index (Phi) is 4.96. The predicted octanol–water partition coefficient (Wildman–Crippen LogP) is 2.52. The van der Waals surface area contributed by atoms with Crippen molar-refractivity contribution in [2.75, 3.05) is 6.54 Å². The summed E-state index contributed by atoms with van der Waals surface area (Å²) in [4.78, 5) is 12.4. The van der Waals surface area contributed by atoms with Gasteiger partial charge in [-0.3, -0.25) is 4.79 Å². The van der Waals surface area contributed by atoms with Crippen molar-refractivity contribution in [2.45, 2.75) is 38.6 Å². The lowest BCUT2D eigenvalue weighted by Crippen LogP contribution is -2.50. The zero-order chi connectivity index (χ0) is 12.0. The maximum atomic E-state index is 11.1. The zero-order valence-electron chi connectivity index (χ0n) is 9.82. The van der Waals surface area contributed by atoms with Gasteiger partial charge in [-0.2, -0.15) is 0 Å². The molecule has 1 atom stereocenters. The molecule has 0 radical (unpaired) electrons. The number of nitrogens with one attached hydrogen (secondary N) is 1. The molecule has 0 spiro atoms. The van der Waals surface area contributed by atoms with E-state index in [4.69, 9.17) is 5.11 Å². The minimum atomic E-state index is -0.786. The van der Waals surface area contributed by atoms with E-state index in [1.54, 1.807) is 18.3 Å². The first-order valence-corrected chi connectivity index (χ1v) is 6.47. The number of carbonyl (C=O) groups is 1. The zero-order valence-corrected chi connectivity index (χ0v) is 10.6. The van der Waals surface area contributed by atoms with Gasteiger partial charge in [0.2, 0.25) is 0 Å². The molecule has 4 heteroatoms. The Hall–Kier alpha value is -0.870. The van der Waals surface area contributed by atoms with E-state index in [0.29, 0.717) is 13.0 Å². The van der Waals surface area contributed by atoms with Gasteiger partial charge >= 0.3 is 5.97 Å². The molecule has 1 heterocycles. The van der Waals surface area contributed by atoms with Gasteiger partial charge in [-0.25, -0.2) is 0 Å². The maximum absolute atomic E-state index is 11.1. The van der Waals surface area contributed by atoms with E-state index < -0.39 is 11.5 Å². The quantitative estimate of drug-likeness (QED) is 0.771. The molecule has 90 valence electrons. The van der Waals surface area contributed by atoms with E-state index in [-0.39, 0.29) is 0 Å². The first-order chi connectivity index (χ1) is 7.58. The van der Waals surface area contributed by atoms with E-state index >= 15 is 0 Å². The third-order valence-electron chi connectivity index (χ3n) is 2.69. The van der Waals surface area contributed by atoms with Gasteiger partial charge in [-0.05, 0) is 31.2 Å². The van der Waals surface area contributed by atoms with Crippen LogP contribution in [-0.4, -0.2) is 23.2 Å². The van der Waals surface area contributed by atoms with Crippen molar-refractivity contribution in [3.63, 3.8) is 0 Å². The summed E-state index contributed by atoms with van der Waals surface area (Å²) in [5.41, 5.74) is -0.786. The van der Waals surface area contributed by atoms with Crippen LogP contribution in [-0.2, 0) is 11.2 Å². The average Bonchev–Trinajstić information content (AvgIpc) is 2.70. The van der Waals surface area contributed by atoms with Gasteiger partial charge in [0.1, 0.15) is 5.54 Å². The molecule has 0 aliphatic heterocycles. The molecular formula is C12H19NO2S. The molecule has 0 saturated heterocycles.